The third-order valence-corrected chi connectivity index (χ3v) is 5.11. The predicted octanol–water partition coefficient (Wildman–Crippen LogP) is 3.98. The maximum absolute atomic E-state index is 12.8. The number of esters is 2. The summed E-state index contributed by atoms with van der Waals surface area (Å²) in [5, 5.41) is 3.30. The number of benzene rings is 2. The Kier molecular flexibility index (Phi) is 10.7. The van der Waals surface area contributed by atoms with E-state index in [1.165, 1.54) is 26.2 Å². The van der Waals surface area contributed by atoms with Crippen molar-refractivity contribution in [3.63, 3.8) is 0 Å². The molecule has 3 aromatic rings. The van der Waals surface area contributed by atoms with Gasteiger partial charge in [0.25, 0.3) is 5.91 Å². The van der Waals surface area contributed by atoms with Gasteiger partial charge in [-0.1, -0.05) is 0 Å². The highest BCUT2D eigenvalue weighted by Crippen LogP contribution is 2.31. The molecule has 3 N–H and O–H groups in total. The highest BCUT2D eigenvalue weighted by molar-refractivity contribution is 6.06. The molecule has 0 bridgehead atoms. The monoisotopic (exact) mass is 571 g/mol. The molecule has 0 fully saturated rings. The van der Waals surface area contributed by atoms with Crippen LogP contribution < -0.4 is 20.3 Å². The summed E-state index contributed by atoms with van der Waals surface area (Å²) in [4.78, 5) is 55.7. The van der Waals surface area contributed by atoms with Crippen LogP contribution in [0.15, 0.2) is 42.5 Å². The standard InChI is InChI=1S/C28H33N3O10/c1-17(32)40-23-16-20(14-19-15-22(26(34)36-5)30-24(19)23)29-25(33)18-6-8-21(9-7-18)38-12-10-37-11-13-39-31-27(35)41-28(2,3)4/h6-9,14-16,30H,10-13H2,1-5H3,(H,29,33)(H,31,35). The van der Waals surface area contributed by atoms with E-state index in [2.05, 4.69) is 15.8 Å². The van der Waals surface area contributed by atoms with Gasteiger partial charge in [-0.25, -0.2) is 9.59 Å². The number of hydroxylamine groups is 1. The van der Waals surface area contributed by atoms with Crippen LogP contribution in [-0.4, -0.2) is 68.1 Å². The van der Waals surface area contributed by atoms with Gasteiger partial charge < -0.3 is 34.0 Å². The summed E-state index contributed by atoms with van der Waals surface area (Å²) >= 11 is 0. The number of rotatable bonds is 12. The average Bonchev–Trinajstić information content (AvgIpc) is 3.33. The second-order valence-electron chi connectivity index (χ2n) is 9.60. The lowest BCUT2D eigenvalue weighted by molar-refractivity contribution is -0.131. The topological polar surface area (TPSA) is 164 Å². The Balaban J connectivity index is 1.47. The Bertz CT molecular complexity index is 1380. The predicted molar refractivity (Wildman–Crippen MR) is 147 cm³/mol. The molecule has 13 heteroatoms. The molecule has 2 amide bonds. The molecule has 0 spiro atoms. The van der Waals surface area contributed by atoms with Gasteiger partial charge in [0, 0.05) is 29.6 Å². The van der Waals surface area contributed by atoms with E-state index >= 15 is 0 Å². The number of hydrogen-bond acceptors (Lipinski definition) is 10. The minimum Gasteiger partial charge on any atom is -0.491 e. The van der Waals surface area contributed by atoms with E-state index < -0.39 is 29.5 Å². The van der Waals surface area contributed by atoms with Crippen LogP contribution in [0.5, 0.6) is 11.5 Å². The second-order valence-corrected chi connectivity index (χ2v) is 9.60. The van der Waals surface area contributed by atoms with E-state index in [4.69, 9.17) is 28.5 Å². The van der Waals surface area contributed by atoms with Gasteiger partial charge in [-0.3, -0.25) is 14.4 Å². The lowest BCUT2D eigenvalue weighted by Gasteiger charge is -2.19. The van der Waals surface area contributed by atoms with Crippen LogP contribution in [0.3, 0.4) is 0 Å². The molecule has 0 saturated carbocycles. The minimum absolute atomic E-state index is 0.134. The van der Waals surface area contributed by atoms with Crippen molar-refractivity contribution < 1.29 is 47.7 Å². The van der Waals surface area contributed by atoms with Crippen molar-refractivity contribution >= 4 is 40.5 Å². The van der Waals surface area contributed by atoms with Crippen LogP contribution in [0.2, 0.25) is 0 Å². The van der Waals surface area contributed by atoms with Gasteiger partial charge in [0.1, 0.15) is 23.7 Å². The molecular weight excluding hydrogens is 538 g/mol. The number of carbonyl (C=O) groups excluding carboxylic acids is 4. The molecule has 3 rings (SSSR count). The molecule has 0 aliphatic carbocycles. The Hall–Kier alpha value is -4.62. The van der Waals surface area contributed by atoms with Gasteiger partial charge in [0.05, 0.1) is 32.4 Å². The number of H-pyrrole nitrogens is 1. The third kappa shape index (κ3) is 9.81. The lowest BCUT2D eigenvalue weighted by Crippen LogP contribution is -2.33. The van der Waals surface area contributed by atoms with Crippen molar-refractivity contribution in [3.8, 4) is 11.5 Å². The maximum Gasteiger partial charge on any atom is 0.431 e. The van der Waals surface area contributed by atoms with Gasteiger partial charge in [-0.15, -0.1) is 0 Å². The zero-order valence-corrected chi connectivity index (χ0v) is 23.5. The largest absolute Gasteiger partial charge is 0.491 e. The summed E-state index contributed by atoms with van der Waals surface area (Å²) in [6.07, 6.45) is -0.680. The average molecular weight is 572 g/mol. The maximum atomic E-state index is 12.8. The van der Waals surface area contributed by atoms with Crippen LogP contribution in [0.1, 0.15) is 48.5 Å². The van der Waals surface area contributed by atoms with Crippen molar-refractivity contribution in [1.29, 1.82) is 0 Å². The number of amides is 2. The first kappa shape index (κ1) is 30.9. The van der Waals surface area contributed by atoms with Gasteiger partial charge in [-0.05, 0) is 57.2 Å². The molecule has 0 atom stereocenters. The number of hydrogen-bond donors (Lipinski definition) is 3. The number of methoxy groups -OCH3 is 1. The van der Waals surface area contributed by atoms with Crippen LogP contribution >= 0.6 is 0 Å². The summed E-state index contributed by atoms with van der Waals surface area (Å²) < 4.78 is 26.0. The Morgan fingerprint density at radius 2 is 1.63 bits per heavy atom. The molecule has 0 saturated heterocycles. The van der Waals surface area contributed by atoms with Crippen molar-refractivity contribution in [2.75, 3.05) is 38.9 Å². The lowest BCUT2D eigenvalue weighted by atomic mass is 10.1. The number of aromatic nitrogens is 1. The van der Waals surface area contributed by atoms with E-state index in [0.29, 0.717) is 27.9 Å². The van der Waals surface area contributed by atoms with Crippen LogP contribution in [0.4, 0.5) is 10.5 Å². The molecule has 0 unspecified atom stereocenters. The molecule has 1 aromatic heterocycles. The van der Waals surface area contributed by atoms with Crippen molar-refractivity contribution in [2.24, 2.45) is 0 Å². The fourth-order valence-corrected chi connectivity index (χ4v) is 3.47. The number of nitrogens with one attached hydrogen (secondary N) is 3. The number of ether oxygens (including phenoxy) is 5. The summed E-state index contributed by atoms with van der Waals surface area (Å²) in [6.45, 7) is 7.39. The molecule has 13 nitrogen and oxygen atoms in total. The molecule has 0 aliphatic rings. The highest BCUT2D eigenvalue weighted by atomic mass is 16.7. The Morgan fingerprint density at radius 3 is 2.29 bits per heavy atom. The number of anilines is 1. The summed E-state index contributed by atoms with van der Waals surface area (Å²) in [5.74, 6) is -0.868. The first-order valence-electron chi connectivity index (χ1n) is 12.6. The molecule has 0 aliphatic heterocycles. The van der Waals surface area contributed by atoms with Crippen molar-refractivity contribution in [3.05, 3.63) is 53.7 Å². The number of fused-ring (bicyclic) bond motifs is 1. The fraction of sp³-hybridized carbons (Fsp3) is 0.357. The van der Waals surface area contributed by atoms with Gasteiger partial charge in [-0.2, -0.15) is 5.48 Å². The van der Waals surface area contributed by atoms with E-state index in [1.54, 1.807) is 51.1 Å². The zero-order chi connectivity index (χ0) is 30.0. The van der Waals surface area contributed by atoms with Gasteiger partial charge in [0.15, 0.2) is 5.75 Å². The van der Waals surface area contributed by atoms with Crippen molar-refractivity contribution in [1.82, 2.24) is 10.5 Å². The van der Waals surface area contributed by atoms with E-state index in [-0.39, 0.29) is 37.9 Å². The molecule has 2 aromatic carbocycles. The number of carbonyl (C=O) groups is 4. The summed E-state index contributed by atoms with van der Waals surface area (Å²) in [5.41, 5.74) is 2.85. The Labute approximate surface area is 236 Å². The normalized spacial score (nSPS) is 11.0. The Morgan fingerprint density at radius 1 is 0.927 bits per heavy atom. The molecule has 220 valence electrons. The zero-order valence-electron chi connectivity index (χ0n) is 23.5. The number of aromatic amines is 1. The van der Waals surface area contributed by atoms with Crippen LogP contribution in [0, 0.1) is 0 Å². The van der Waals surface area contributed by atoms with Crippen LogP contribution in [0.25, 0.3) is 10.9 Å². The molecular formula is C28H33N3O10. The summed E-state index contributed by atoms with van der Waals surface area (Å²) in [7, 11) is 1.25. The third-order valence-electron chi connectivity index (χ3n) is 5.11. The van der Waals surface area contributed by atoms with E-state index in [0.717, 1.165) is 0 Å². The molecule has 0 radical (unpaired) electrons. The molecule has 41 heavy (non-hydrogen) atoms. The van der Waals surface area contributed by atoms with Gasteiger partial charge in [0.2, 0.25) is 0 Å². The summed E-state index contributed by atoms with van der Waals surface area (Å²) in [6, 6.07) is 11.1. The second kappa shape index (κ2) is 14.1. The fourth-order valence-electron chi connectivity index (χ4n) is 3.47. The minimum atomic E-state index is -0.680. The first-order valence-corrected chi connectivity index (χ1v) is 12.6. The van der Waals surface area contributed by atoms with E-state index in [9.17, 15) is 19.2 Å². The van der Waals surface area contributed by atoms with E-state index in [1.807, 2.05) is 0 Å². The molecule has 1 heterocycles. The smallest absolute Gasteiger partial charge is 0.431 e. The highest BCUT2D eigenvalue weighted by Gasteiger charge is 2.17. The first-order chi connectivity index (χ1) is 19.4. The SMILES string of the molecule is COC(=O)c1cc2cc(NC(=O)c3ccc(OCCOCCONC(=O)OC(C)(C)C)cc3)cc(OC(C)=O)c2[nH]1. The quantitative estimate of drug-likeness (QED) is 0.125. The van der Waals surface area contributed by atoms with Gasteiger partial charge >= 0.3 is 18.0 Å². The van der Waals surface area contributed by atoms with Crippen LogP contribution in [-0.2, 0) is 23.8 Å². The van der Waals surface area contributed by atoms with Crippen molar-refractivity contribution in [2.45, 2.75) is 33.3 Å².